The third-order valence-electron chi connectivity index (χ3n) is 3.13. The molecule has 0 fully saturated rings. The molecule has 0 amide bonds. The van der Waals surface area contributed by atoms with E-state index in [2.05, 4.69) is 52.0 Å². The van der Waals surface area contributed by atoms with Gasteiger partial charge in [-0.05, 0) is 49.2 Å². The minimum absolute atomic E-state index is 0.658. The van der Waals surface area contributed by atoms with Crippen LogP contribution in [0, 0.1) is 0 Å². The van der Waals surface area contributed by atoms with Crippen LogP contribution in [-0.2, 0) is 0 Å². The molecule has 114 valence electrons. The van der Waals surface area contributed by atoms with Gasteiger partial charge in [0.05, 0.1) is 0 Å². The molecule has 2 rings (SSSR count). The van der Waals surface area contributed by atoms with E-state index in [9.17, 15) is 0 Å². The molecule has 0 spiro atoms. The van der Waals surface area contributed by atoms with Crippen LogP contribution in [0.3, 0.4) is 0 Å². The monoisotopic (exact) mass is 311 g/mol. The number of pyridine rings is 1. The third-order valence-corrected chi connectivity index (χ3v) is 3.38. The Morgan fingerprint density at radius 3 is 2.59 bits per heavy atom. The van der Waals surface area contributed by atoms with E-state index in [0.29, 0.717) is 5.11 Å². The van der Waals surface area contributed by atoms with Gasteiger partial charge in [-0.3, -0.25) is 4.98 Å². The highest BCUT2D eigenvalue weighted by Crippen LogP contribution is 2.04. The number of hydrogen-bond donors (Lipinski definition) is 2. The van der Waals surface area contributed by atoms with Gasteiger partial charge >= 0.3 is 0 Å². The molecular weight excluding hydrogens is 290 g/mol. The molecule has 4 heteroatoms. The van der Waals surface area contributed by atoms with Crippen LogP contribution in [0.5, 0.6) is 0 Å². The number of anilines is 1. The summed E-state index contributed by atoms with van der Waals surface area (Å²) in [6, 6.07) is 14.2. The van der Waals surface area contributed by atoms with Gasteiger partial charge in [0.25, 0.3) is 0 Å². The largest absolute Gasteiger partial charge is 0.362 e. The molecule has 2 N–H and O–H groups in total. The summed E-state index contributed by atoms with van der Waals surface area (Å²) in [5.74, 6) is 0. The van der Waals surface area contributed by atoms with Crippen molar-refractivity contribution < 1.29 is 0 Å². The van der Waals surface area contributed by atoms with E-state index in [-0.39, 0.29) is 0 Å². The molecule has 0 aliphatic carbocycles. The molecule has 0 saturated heterocycles. The fourth-order valence-corrected chi connectivity index (χ4v) is 2.20. The van der Waals surface area contributed by atoms with E-state index >= 15 is 0 Å². The van der Waals surface area contributed by atoms with Gasteiger partial charge in [-0.1, -0.05) is 42.5 Å². The standard InChI is InChI=1S/C18H21N3S/c22-18(21-17-11-14-19-15-12-17)20-13-7-2-1-4-8-16-9-5-3-6-10-16/h3-6,8-12,14-15H,1-2,7,13H2,(H2,19,20,21,22). The Morgan fingerprint density at radius 1 is 1.05 bits per heavy atom. The molecule has 0 saturated carbocycles. The van der Waals surface area contributed by atoms with Gasteiger partial charge in [-0.2, -0.15) is 0 Å². The Kier molecular flexibility index (Phi) is 7.12. The number of thiocarbonyl (C=S) groups is 1. The second-order valence-electron chi connectivity index (χ2n) is 4.93. The minimum atomic E-state index is 0.658. The van der Waals surface area contributed by atoms with E-state index in [1.165, 1.54) is 5.56 Å². The van der Waals surface area contributed by atoms with Gasteiger partial charge in [-0.25, -0.2) is 0 Å². The first-order valence-corrected chi connectivity index (χ1v) is 7.92. The van der Waals surface area contributed by atoms with Crippen molar-refractivity contribution in [2.24, 2.45) is 0 Å². The Balaban J connectivity index is 1.54. The summed E-state index contributed by atoms with van der Waals surface area (Å²) in [6.07, 6.45) is 11.2. The summed E-state index contributed by atoms with van der Waals surface area (Å²) in [7, 11) is 0. The highest BCUT2D eigenvalue weighted by Gasteiger charge is 1.95. The van der Waals surface area contributed by atoms with Crippen LogP contribution in [0.1, 0.15) is 24.8 Å². The zero-order valence-electron chi connectivity index (χ0n) is 12.5. The van der Waals surface area contributed by atoms with Crippen LogP contribution < -0.4 is 10.6 Å². The quantitative estimate of drug-likeness (QED) is 0.592. The lowest BCUT2D eigenvalue weighted by Gasteiger charge is -2.09. The average Bonchev–Trinajstić information content (AvgIpc) is 2.56. The number of hydrogen-bond acceptors (Lipinski definition) is 2. The molecule has 22 heavy (non-hydrogen) atoms. The average molecular weight is 311 g/mol. The molecule has 1 heterocycles. The maximum Gasteiger partial charge on any atom is 0.170 e. The Morgan fingerprint density at radius 2 is 1.82 bits per heavy atom. The van der Waals surface area contributed by atoms with E-state index in [1.807, 2.05) is 18.2 Å². The molecular formula is C18H21N3S. The lowest BCUT2D eigenvalue weighted by atomic mass is 10.1. The number of aromatic nitrogens is 1. The normalized spacial score (nSPS) is 10.5. The van der Waals surface area contributed by atoms with Crippen molar-refractivity contribution in [3.8, 4) is 0 Å². The van der Waals surface area contributed by atoms with Gasteiger partial charge in [-0.15, -0.1) is 0 Å². The van der Waals surface area contributed by atoms with Crippen LogP contribution in [-0.4, -0.2) is 16.6 Å². The predicted octanol–water partition coefficient (Wildman–Crippen LogP) is 4.25. The summed E-state index contributed by atoms with van der Waals surface area (Å²) in [5.41, 5.74) is 2.21. The minimum Gasteiger partial charge on any atom is -0.362 e. The second kappa shape index (κ2) is 9.68. The molecule has 0 atom stereocenters. The van der Waals surface area contributed by atoms with Gasteiger partial charge in [0.2, 0.25) is 0 Å². The lowest BCUT2D eigenvalue weighted by molar-refractivity contribution is 0.723. The summed E-state index contributed by atoms with van der Waals surface area (Å²) >= 11 is 5.24. The number of benzene rings is 1. The predicted molar refractivity (Wildman–Crippen MR) is 97.8 cm³/mol. The fourth-order valence-electron chi connectivity index (χ4n) is 1.98. The van der Waals surface area contributed by atoms with Gasteiger partial charge in [0.1, 0.15) is 0 Å². The number of unbranched alkanes of at least 4 members (excludes halogenated alkanes) is 2. The summed E-state index contributed by atoms with van der Waals surface area (Å²) < 4.78 is 0. The number of nitrogens with zero attached hydrogens (tertiary/aromatic N) is 1. The molecule has 1 aromatic carbocycles. The van der Waals surface area contributed by atoms with Crippen LogP contribution in [0.15, 0.2) is 60.9 Å². The van der Waals surface area contributed by atoms with Crippen LogP contribution >= 0.6 is 12.2 Å². The molecule has 0 unspecified atom stereocenters. The first-order chi connectivity index (χ1) is 10.8. The molecule has 0 bridgehead atoms. The highest BCUT2D eigenvalue weighted by atomic mass is 32.1. The van der Waals surface area contributed by atoms with Gasteiger partial charge in [0.15, 0.2) is 5.11 Å². The van der Waals surface area contributed by atoms with E-state index in [0.717, 1.165) is 31.5 Å². The van der Waals surface area contributed by atoms with Crippen molar-refractivity contribution in [2.75, 3.05) is 11.9 Å². The SMILES string of the molecule is S=C(NCCCCC=Cc1ccccc1)Nc1ccncc1. The Hall–Kier alpha value is -2.20. The first-order valence-electron chi connectivity index (χ1n) is 7.51. The van der Waals surface area contributed by atoms with E-state index < -0.39 is 0 Å². The molecule has 1 aromatic heterocycles. The maximum absolute atomic E-state index is 5.24. The van der Waals surface area contributed by atoms with Crippen LogP contribution in [0.4, 0.5) is 5.69 Å². The van der Waals surface area contributed by atoms with Crippen LogP contribution in [0.25, 0.3) is 6.08 Å². The third kappa shape index (κ3) is 6.50. The molecule has 0 aliphatic rings. The van der Waals surface area contributed by atoms with E-state index in [1.54, 1.807) is 12.4 Å². The maximum atomic E-state index is 5.24. The second-order valence-corrected chi connectivity index (χ2v) is 5.33. The first kappa shape index (κ1) is 16.2. The van der Waals surface area contributed by atoms with Crippen LogP contribution in [0.2, 0.25) is 0 Å². The topological polar surface area (TPSA) is 37.0 Å². The van der Waals surface area contributed by atoms with Crippen molar-refractivity contribution >= 4 is 29.1 Å². The van der Waals surface area contributed by atoms with Crippen molar-refractivity contribution in [3.05, 3.63) is 66.5 Å². The van der Waals surface area contributed by atoms with E-state index in [4.69, 9.17) is 12.2 Å². The number of allylic oxidation sites excluding steroid dienone is 1. The molecule has 0 radical (unpaired) electrons. The number of nitrogens with one attached hydrogen (secondary N) is 2. The van der Waals surface area contributed by atoms with Crippen molar-refractivity contribution in [2.45, 2.75) is 19.3 Å². The van der Waals surface area contributed by atoms with Gasteiger partial charge < -0.3 is 10.6 Å². The van der Waals surface area contributed by atoms with Crippen molar-refractivity contribution in [1.29, 1.82) is 0 Å². The highest BCUT2D eigenvalue weighted by molar-refractivity contribution is 7.80. The zero-order chi connectivity index (χ0) is 15.5. The molecule has 0 aliphatic heterocycles. The molecule has 2 aromatic rings. The smallest absolute Gasteiger partial charge is 0.170 e. The fraction of sp³-hybridized carbons (Fsp3) is 0.222. The summed E-state index contributed by atoms with van der Waals surface area (Å²) in [6.45, 7) is 0.885. The molecule has 3 nitrogen and oxygen atoms in total. The van der Waals surface area contributed by atoms with Crippen molar-refractivity contribution in [3.63, 3.8) is 0 Å². The zero-order valence-corrected chi connectivity index (χ0v) is 13.4. The number of rotatable bonds is 7. The lowest BCUT2D eigenvalue weighted by Crippen LogP contribution is -2.29. The summed E-state index contributed by atoms with van der Waals surface area (Å²) in [5, 5.41) is 7.01. The summed E-state index contributed by atoms with van der Waals surface area (Å²) in [4.78, 5) is 3.97. The van der Waals surface area contributed by atoms with Gasteiger partial charge in [0, 0.05) is 24.6 Å². The Labute approximate surface area is 137 Å². The van der Waals surface area contributed by atoms with Crippen molar-refractivity contribution in [1.82, 2.24) is 10.3 Å². The Bertz CT molecular complexity index is 582.